The monoisotopic (exact) mass is 252 g/mol. The smallest absolute Gasteiger partial charge is 0.234 e. The van der Waals surface area contributed by atoms with Crippen LogP contribution in [0.1, 0.15) is 33.6 Å². The summed E-state index contributed by atoms with van der Waals surface area (Å²) >= 11 is 0. The number of hydrogen-bond donors (Lipinski definition) is 2. The average molecular weight is 252 g/mol. The molecule has 102 valence electrons. The second kappa shape index (κ2) is 7.16. The first-order valence-corrected chi connectivity index (χ1v) is 6.58. The van der Waals surface area contributed by atoms with E-state index in [4.69, 9.17) is 10.5 Å². The Hall–Kier alpha value is -1.36. The van der Waals surface area contributed by atoms with Crippen molar-refractivity contribution >= 4 is 5.82 Å². The molecule has 0 saturated carbocycles. The van der Waals surface area contributed by atoms with Crippen LogP contribution in [0.2, 0.25) is 0 Å². The molecule has 0 aromatic carbocycles. The van der Waals surface area contributed by atoms with E-state index in [1.807, 2.05) is 6.92 Å². The van der Waals surface area contributed by atoms with E-state index in [-0.39, 0.29) is 5.41 Å². The molecule has 0 aliphatic carbocycles. The molecule has 5 heteroatoms. The maximum absolute atomic E-state index is 5.87. The summed E-state index contributed by atoms with van der Waals surface area (Å²) in [6, 6.07) is 0. The number of nitrogens with zero attached hydrogens (tertiary/aromatic N) is 2. The lowest BCUT2D eigenvalue weighted by Crippen LogP contribution is -2.36. The van der Waals surface area contributed by atoms with Crippen LogP contribution in [0.4, 0.5) is 5.82 Å². The molecule has 3 N–H and O–H groups in total. The van der Waals surface area contributed by atoms with Gasteiger partial charge < -0.3 is 15.8 Å². The van der Waals surface area contributed by atoms with Gasteiger partial charge in [0.1, 0.15) is 5.82 Å². The summed E-state index contributed by atoms with van der Waals surface area (Å²) in [4.78, 5) is 8.43. The first-order chi connectivity index (χ1) is 8.69. The molecule has 0 spiro atoms. The highest BCUT2D eigenvalue weighted by Gasteiger charge is 2.24. The zero-order valence-electron chi connectivity index (χ0n) is 11.6. The summed E-state index contributed by atoms with van der Waals surface area (Å²) in [5, 5.41) is 3.30. The van der Waals surface area contributed by atoms with Gasteiger partial charge in [-0.15, -0.1) is 0 Å². The van der Waals surface area contributed by atoms with E-state index in [1.165, 1.54) is 0 Å². The minimum atomic E-state index is 0.128. The molecule has 0 amide bonds. The van der Waals surface area contributed by atoms with Crippen LogP contribution >= 0.6 is 0 Å². The van der Waals surface area contributed by atoms with Gasteiger partial charge in [0.2, 0.25) is 5.88 Å². The Morgan fingerprint density at radius 2 is 2.00 bits per heavy atom. The highest BCUT2D eigenvalue weighted by atomic mass is 16.5. The average Bonchev–Trinajstić information content (AvgIpc) is 2.42. The van der Waals surface area contributed by atoms with Crippen molar-refractivity contribution in [1.82, 2.24) is 9.97 Å². The van der Waals surface area contributed by atoms with Crippen molar-refractivity contribution < 1.29 is 4.74 Å². The Morgan fingerprint density at radius 3 is 2.56 bits per heavy atom. The van der Waals surface area contributed by atoms with Gasteiger partial charge in [-0.05, 0) is 31.7 Å². The van der Waals surface area contributed by atoms with Crippen LogP contribution in [0.5, 0.6) is 5.88 Å². The molecule has 0 saturated heterocycles. The van der Waals surface area contributed by atoms with Crippen LogP contribution in [-0.2, 0) is 0 Å². The fourth-order valence-corrected chi connectivity index (χ4v) is 1.79. The van der Waals surface area contributed by atoms with Crippen LogP contribution in [-0.4, -0.2) is 29.7 Å². The van der Waals surface area contributed by atoms with Crippen LogP contribution in [0.3, 0.4) is 0 Å². The molecule has 18 heavy (non-hydrogen) atoms. The van der Waals surface area contributed by atoms with Gasteiger partial charge in [-0.2, -0.15) is 4.98 Å². The molecular weight excluding hydrogens is 228 g/mol. The number of nitrogens with two attached hydrogens (primary N) is 1. The zero-order chi connectivity index (χ0) is 13.4. The summed E-state index contributed by atoms with van der Waals surface area (Å²) in [6.45, 7) is 8.33. The molecule has 0 aliphatic rings. The SMILES string of the molecule is CCOc1cncc(NCC(CC)(CC)CN)n1. The zero-order valence-corrected chi connectivity index (χ0v) is 11.6. The number of rotatable bonds is 8. The molecule has 0 atom stereocenters. The van der Waals surface area contributed by atoms with Crippen molar-refractivity contribution in [3.05, 3.63) is 12.4 Å². The summed E-state index contributed by atoms with van der Waals surface area (Å²) < 4.78 is 5.32. The van der Waals surface area contributed by atoms with Gasteiger partial charge in [-0.3, -0.25) is 4.98 Å². The molecule has 1 heterocycles. The van der Waals surface area contributed by atoms with E-state index in [9.17, 15) is 0 Å². The van der Waals surface area contributed by atoms with E-state index in [0.717, 1.165) is 25.2 Å². The number of ether oxygens (including phenoxy) is 1. The molecule has 1 rings (SSSR count). The van der Waals surface area contributed by atoms with Gasteiger partial charge in [0.05, 0.1) is 19.0 Å². The third-order valence-corrected chi connectivity index (χ3v) is 3.48. The summed E-state index contributed by atoms with van der Waals surface area (Å²) in [5.41, 5.74) is 6.00. The highest BCUT2D eigenvalue weighted by molar-refractivity contribution is 5.33. The Kier molecular flexibility index (Phi) is 5.85. The number of nitrogens with one attached hydrogen (secondary N) is 1. The van der Waals surface area contributed by atoms with Gasteiger partial charge in [0.15, 0.2) is 0 Å². The molecule has 0 radical (unpaired) electrons. The minimum Gasteiger partial charge on any atom is -0.477 e. The molecule has 0 unspecified atom stereocenters. The molecule has 0 fully saturated rings. The first-order valence-electron chi connectivity index (χ1n) is 6.58. The second-order valence-corrected chi connectivity index (χ2v) is 4.44. The quantitative estimate of drug-likeness (QED) is 0.741. The fourth-order valence-electron chi connectivity index (χ4n) is 1.79. The predicted molar refractivity (Wildman–Crippen MR) is 73.8 cm³/mol. The number of anilines is 1. The highest BCUT2D eigenvalue weighted by Crippen LogP contribution is 2.25. The standard InChI is InChI=1S/C13H24N4O/c1-4-13(5-2,9-14)10-16-11-7-15-8-12(17-11)18-6-3/h7-8H,4-6,9-10,14H2,1-3H3,(H,16,17). The van der Waals surface area contributed by atoms with E-state index in [0.29, 0.717) is 19.0 Å². The van der Waals surface area contributed by atoms with Gasteiger partial charge in [-0.25, -0.2) is 0 Å². The lowest BCUT2D eigenvalue weighted by atomic mass is 9.82. The largest absolute Gasteiger partial charge is 0.477 e. The van der Waals surface area contributed by atoms with Gasteiger partial charge in [-0.1, -0.05) is 13.8 Å². The minimum absolute atomic E-state index is 0.128. The normalized spacial score (nSPS) is 11.3. The molecule has 1 aromatic heterocycles. The van der Waals surface area contributed by atoms with Crippen molar-refractivity contribution in [3.63, 3.8) is 0 Å². The van der Waals surface area contributed by atoms with Crippen molar-refractivity contribution in [1.29, 1.82) is 0 Å². The van der Waals surface area contributed by atoms with Crippen LogP contribution in [0, 0.1) is 5.41 Å². The lowest BCUT2D eigenvalue weighted by Gasteiger charge is -2.30. The molecule has 1 aromatic rings. The van der Waals surface area contributed by atoms with Gasteiger partial charge in [0.25, 0.3) is 0 Å². The number of hydrogen-bond acceptors (Lipinski definition) is 5. The van der Waals surface area contributed by atoms with Crippen LogP contribution < -0.4 is 15.8 Å². The maximum Gasteiger partial charge on any atom is 0.234 e. The molecule has 0 bridgehead atoms. The summed E-state index contributed by atoms with van der Waals surface area (Å²) in [6.07, 6.45) is 5.41. The van der Waals surface area contributed by atoms with E-state index >= 15 is 0 Å². The maximum atomic E-state index is 5.87. The van der Waals surface area contributed by atoms with E-state index in [2.05, 4.69) is 29.1 Å². The van der Waals surface area contributed by atoms with E-state index in [1.54, 1.807) is 12.4 Å². The van der Waals surface area contributed by atoms with Gasteiger partial charge >= 0.3 is 0 Å². The Morgan fingerprint density at radius 1 is 1.28 bits per heavy atom. The molecule has 5 nitrogen and oxygen atoms in total. The Labute approximate surface area is 109 Å². The summed E-state index contributed by atoms with van der Waals surface area (Å²) in [5.74, 6) is 1.29. The van der Waals surface area contributed by atoms with Crippen LogP contribution in [0.25, 0.3) is 0 Å². The Balaban J connectivity index is 2.64. The topological polar surface area (TPSA) is 73.1 Å². The Bertz CT molecular complexity index is 344. The van der Waals surface area contributed by atoms with Crippen molar-refractivity contribution in [3.8, 4) is 5.88 Å². The van der Waals surface area contributed by atoms with Crippen molar-refractivity contribution in [2.75, 3.05) is 25.0 Å². The predicted octanol–water partition coefficient (Wildman–Crippen LogP) is 2.05. The molecule has 0 aliphatic heterocycles. The number of aromatic nitrogens is 2. The second-order valence-electron chi connectivity index (χ2n) is 4.44. The summed E-state index contributed by atoms with van der Waals surface area (Å²) in [7, 11) is 0. The fraction of sp³-hybridized carbons (Fsp3) is 0.692. The third-order valence-electron chi connectivity index (χ3n) is 3.48. The van der Waals surface area contributed by atoms with Crippen molar-refractivity contribution in [2.45, 2.75) is 33.6 Å². The van der Waals surface area contributed by atoms with Crippen LogP contribution in [0.15, 0.2) is 12.4 Å². The lowest BCUT2D eigenvalue weighted by molar-refractivity contribution is 0.294. The third kappa shape index (κ3) is 3.84. The molecular formula is C13H24N4O. The first kappa shape index (κ1) is 14.7. The van der Waals surface area contributed by atoms with E-state index < -0.39 is 0 Å². The van der Waals surface area contributed by atoms with Gasteiger partial charge in [0, 0.05) is 6.54 Å². The van der Waals surface area contributed by atoms with Crippen molar-refractivity contribution in [2.24, 2.45) is 11.1 Å².